The molecule has 1 aromatic carbocycles. The molecule has 0 bridgehead atoms. The molecule has 3 aromatic rings. The molecule has 1 atom stereocenters. The Kier molecular flexibility index (Phi) is 8.12. The summed E-state index contributed by atoms with van der Waals surface area (Å²) < 4.78 is 1.57. The van der Waals surface area contributed by atoms with Gasteiger partial charge in [0.15, 0.2) is 17.0 Å². The number of nitrogens with two attached hydrogens (primary N) is 2. The molecule has 32 heavy (non-hydrogen) atoms. The van der Waals surface area contributed by atoms with Gasteiger partial charge in [-0.15, -0.1) is 0 Å². The number of benzene rings is 1. The zero-order valence-electron chi connectivity index (χ0n) is 18.0. The van der Waals surface area contributed by atoms with Crippen molar-refractivity contribution in [3.05, 3.63) is 36.8 Å². The Morgan fingerprint density at radius 3 is 2.72 bits per heavy atom. The number of nitrogen functional groups attached to an aromatic ring is 1. The van der Waals surface area contributed by atoms with Crippen molar-refractivity contribution in [1.29, 1.82) is 0 Å². The maximum absolute atomic E-state index is 12.2. The van der Waals surface area contributed by atoms with Gasteiger partial charge in [0, 0.05) is 18.0 Å². The Labute approximate surface area is 191 Å². The predicted octanol–water partition coefficient (Wildman–Crippen LogP) is 2.21. The summed E-state index contributed by atoms with van der Waals surface area (Å²) in [5.74, 6) is 1.54. The van der Waals surface area contributed by atoms with E-state index in [2.05, 4.69) is 39.4 Å². The minimum Gasteiger partial charge on any atom is -0.480 e. The topological polar surface area (TPSA) is 157 Å². The molecule has 0 aliphatic rings. The summed E-state index contributed by atoms with van der Waals surface area (Å²) in [6, 6.07) is 6.47. The maximum atomic E-state index is 12.2. The van der Waals surface area contributed by atoms with E-state index in [4.69, 9.17) is 11.5 Å². The highest BCUT2D eigenvalue weighted by Crippen LogP contribution is 2.25. The molecule has 0 fully saturated rings. The fourth-order valence-corrected chi connectivity index (χ4v) is 3.58. The SMILES string of the molecule is [CH2]CSCC(N)C(=O)Nc1ccc(Cn2c(O)nc3c(N)nc(NCCCC)nc32)cc1. The number of carbonyl (C=O) groups excluding carboxylic acids is 1. The van der Waals surface area contributed by atoms with Crippen LogP contribution >= 0.6 is 11.8 Å². The fraction of sp³-hybridized carbons (Fsp3) is 0.381. The van der Waals surface area contributed by atoms with Crippen LogP contribution < -0.4 is 22.1 Å². The highest BCUT2D eigenvalue weighted by molar-refractivity contribution is 7.99. The van der Waals surface area contributed by atoms with Crippen LogP contribution in [0.25, 0.3) is 11.2 Å². The van der Waals surface area contributed by atoms with Gasteiger partial charge in [-0.3, -0.25) is 9.36 Å². The van der Waals surface area contributed by atoms with Gasteiger partial charge < -0.3 is 27.2 Å². The van der Waals surface area contributed by atoms with E-state index in [-0.39, 0.29) is 17.7 Å². The van der Waals surface area contributed by atoms with Crippen LogP contribution in [0.4, 0.5) is 17.5 Å². The van der Waals surface area contributed by atoms with Crippen LogP contribution in [-0.4, -0.2) is 54.6 Å². The fourth-order valence-electron chi connectivity index (χ4n) is 3.01. The number of anilines is 3. The van der Waals surface area contributed by atoms with Crippen molar-refractivity contribution in [2.45, 2.75) is 32.4 Å². The van der Waals surface area contributed by atoms with Gasteiger partial charge in [-0.05, 0) is 36.8 Å². The van der Waals surface area contributed by atoms with Gasteiger partial charge in [0.05, 0.1) is 12.6 Å². The van der Waals surface area contributed by atoms with Crippen LogP contribution in [0.2, 0.25) is 0 Å². The molecule has 0 saturated carbocycles. The van der Waals surface area contributed by atoms with Gasteiger partial charge in [0.2, 0.25) is 11.9 Å². The number of amides is 1. The van der Waals surface area contributed by atoms with E-state index in [1.165, 1.54) is 11.8 Å². The molecule has 10 nitrogen and oxygen atoms in total. The van der Waals surface area contributed by atoms with Crippen LogP contribution in [0.1, 0.15) is 25.3 Å². The standard InChI is InChI=1S/C21H29N8O2S/c1-3-5-10-24-20-27-17(23)16-18(28-20)29(21(31)26-16)11-13-6-8-14(9-7-13)25-19(30)15(22)12-32-4-2/h6-9,15H,2-5,10-12,22H2,1H3,(H,25,30)(H,26,31)(H3,23,24,27,28). The molecule has 7 N–H and O–H groups in total. The molecule has 0 spiro atoms. The second-order valence-electron chi connectivity index (χ2n) is 7.25. The number of nitrogens with one attached hydrogen (secondary N) is 2. The van der Waals surface area contributed by atoms with E-state index < -0.39 is 6.04 Å². The molecule has 0 saturated heterocycles. The van der Waals surface area contributed by atoms with Crippen LogP contribution in [0, 0.1) is 6.92 Å². The summed E-state index contributed by atoms with van der Waals surface area (Å²) in [7, 11) is 0. The van der Waals surface area contributed by atoms with Crippen molar-refractivity contribution in [3.8, 4) is 6.01 Å². The minimum atomic E-state index is -0.596. The average Bonchev–Trinajstić information content (AvgIpc) is 3.09. The van der Waals surface area contributed by atoms with E-state index in [9.17, 15) is 9.90 Å². The summed E-state index contributed by atoms with van der Waals surface area (Å²) in [6.45, 7) is 6.87. The second-order valence-corrected chi connectivity index (χ2v) is 8.40. The summed E-state index contributed by atoms with van der Waals surface area (Å²) >= 11 is 1.52. The van der Waals surface area contributed by atoms with Gasteiger partial charge >= 0.3 is 0 Å². The molecule has 2 aromatic heterocycles. The molecular weight excluding hydrogens is 428 g/mol. The summed E-state index contributed by atoms with van der Waals surface area (Å²) in [6.07, 6.45) is 2.02. The third-order valence-electron chi connectivity index (χ3n) is 4.76. The maximum Gasteiger partial charge on any atom is 0.296 e. The van der Waals surface area contributed by atoms with Gasteiger partial charge in [-0.2, -0.15) is 26.7 Å². The number of thioether (sulfide) groups is 1. The minimum absolute atomic E-state index is 0.196. The first-order valence-electron chi connectivity index (χ1n) is 10.4. The molecule has 2 heterocycles. The molecule has 11 heteroatoms. The lowest BCUT2D eigenvalue weighted by molar-refractivity contribution is -0.116. The monoisotopic (exact) mass is 457 g/mol. The number of carbonyl (C=O) groups is 1. The van der Waals surface area contributed by atoms with Gasteiger partial charge in [-0.25, -0.2) is 0 Å². The molecule has 0 aliphatic heterocycles. The lowest BCUT2D eigenvalue weighted by Crippen LogP contribution is -2.37. The predicted molar refractivity (Wildman–Crippen MR) is 130 cm³/mol. The number of nitrogens with zero attached hydrogens (tertiary/aromatic N) is 4. The van der Waals surface area contributed by atoms with Crippen LogP contribution in [0.5, 0.6) is 6.01 Å². The van der Waals surface area contributed by atoms with Crippen LogP contribution in [0.3, 0.4) is 0 Å². The summed E-state index contributed by atoms with van der Waals surface area (Å²) in [5, 5.41) is 16.3. The van der Waals surface area contributed by atoms with Crippen LogP contribution in [0.15, 0.2) is 24.3 Å². The van der Waals surface area contributed by atoms with E-state index >= 15 is 0 Å². The number of aromatic hydroxyl groups is 1. The van der Waals surface area contributed by atoms with Crippen molar-refractivity contribution in [3.63, 3.8) is 0 Å². The highest BCUT2D eigenvalue weighted by atomic mass is 32.2. The molecule has 1 radical (unpaired) electrons. The third kappa shape index (κ3) is 5.80. The Morgan fingerprint density at radius 2 is 2.03 bits per heavy atom. The average molecular weight is 458 g/mol. The molecule has 1 amide bonds. The Balaban J connectivity index is 1.74. The molecule has 3 rings (SSSR count). The molecule has 1 unspecified atom stereocenters. The number of hydrogen-bond donors (Lipinski definition) is 5. The van der Waals surface area contributed by atoms with Crippen molar-refractivity contribution in [2.24, 2.45) is 5.73 Å². The second kappa shape index (κ2) is 11.0. The number of unbranched alkanes of at least 4 members (excludes halogenated alkanes) is 1. The van der Waals surface area contributed by atoms with Crippen molar-refractivity contribution in [1.82, 2.24) is 19.5 Å². The molecule has 0 aliphatic carbocycles. The quantitative estimate of drug-likeness (QED) is 0.272. The number of rotatable bonds is 11. The van der Waals surface area contributed by atoms with Crippen molar-refractivity contribution >= 4 is 46.3 Å². The summed E-state index contributed by atoms with van der Waals surface area (Å²) in [5.41, 5.74) is 14.2. The lowest BCUT2D eigenvalue weighted by Gasteiger charge is -2.12. The number of aromatic nitrogens is 4. The largest absolute Gasteiger partial charge is 0.480 e. The van der Waals surface area contributed by atoms with Crippen molar-refractivity contribution < 1.29 is 9.90 Å². The number of hydrogen-bond acceptors (Lipinski definition) is 9. The first-order valence-corrected chi connectivity index (χ1v) is 11.6. The van der Waals surface area contributed by atoms with E-state index in [0.29, 0.717) is 40.9 Å². The van der Waals surface area contributed by atoms with Crippen molar-refractivity contribution in [2.75, 3.05) is 34.4 Å². The van der Waals surface area contributed by atoms with E-state index in [1.807, 2.05) is 12.1 Å². The normalized spacial score (nSPS) is 12.1. The van der Waals surface area contributed by atoms with E-state index in [0.717, 1.165) is 24.9 Å². The Bertz CT molecular complexity index is 1050. The zero-order valence-corrected chi connectivity index (χ0v) is 18.9. The van der Waals surface area contributed by atoms with Crippen LogP contribution in [-0.2, 0) is 11.3 Å². The third-order valence-corrected chi connectivity index (χ3v) is 5.64. The Hall–Kier alpha value is -3.05. The first-order chi connectivity index (χ1) is 15.4. The van der Waals surface area contributed by atoms with Gasteiger partial charge in [0.1, 0.15) is 0 Å². The van der Waals surface area contributed by atoms with Gasteiger partial charge in [-0.1, -0.05) is 25.5 Å². The van der Waals surface area contributed by atoms with Gasteiger partial charge in [0.25, 0.3) is 6.01 Å². The smallest absolute Gasteiger partial charge is 0.296 e. The molecular formula is C21H29N8O2S. The zero-order chi connectivity index (χ0) is 23.1. The highest BCUT2D eigenvalue weighted by Gasteiger charge is 2.17. The molecule has 171 valence electrons. The number of fused-ring (bicyclic) bond motifs is 1. The number of imidazole rings is 1. The first kappa shape index (κ1) is 23.6. The Morgan fingerprint density at radius 1 is 1.28 bits per heavy atom. The van der Waals surface area contributed by atoms with E-state index in [1.54, 1.807) is 16.7 Å². The lowest BCUT2D eigenvalue weighted by atomic mass is 10.2. The summed E-state index contributed by atoms with van der Waals surface area (Å²) in [4.78, 5) is 25.0.